The molecular formula is C27H30N4O2. The largest absolute Gasteiger partial charge is 0.484 e. The summed E-state index contributed by atoms with van der Waals surface area (Å²) in [5, 5.41) is 12.2. The van der Waals surface area contributed by atoms with Crippen LogP contribution in [0.3, 0.4) is 0 Å². The predicted octanol–water partition coefficient (Wildman–Crippen LogP) is 5.71. The van der Waals surface area contributed by atoms with Gasteiger partial charge in [-0.2, -0.15) is 4.80 Å². The SMILES string of the molecule is CCCCc1ccc(-n2nc3cc(C)c(NC(=O)COc4cc(C)cc(C)c4)cc3n2)cc1. The molecule has 0 aliphatic rings. The summed E-state index contributed by atoms with van der Waals surface area (Å²) in [6.07, 6.45) is 3.46. The van der Waals surface area contributed by atoms with E-state index in [9.17, 15) is 4.79 Å². The molecule has 0 radical (unpaired) electrons. The van der Waals surface area contributed by atoms with Gasteiger partial charge in [-0.25, -0.2) is 0 Å². The van der Waals surface area contributed by atoms with Crippen LogP contribution in [0, 0.1) is 20.8 Å². The van der Waals surface area contributed by atoms with Crippen molar-refractivity contribution in [1.29, 1.82) is 0 Å². The number of hydrogen-bond acceptors (Lipinski definition) is 4. The Morgan fingerprint density at radius 1 is 0.939 bits per heavy atom. The van der Waals surface area contributed by atoms with Crippen molar-refractivity contribution in [2.45, 2.75) is 47.0 Å². The number of nitrogens with one attached hydrogen (secondary N) is 1. The van der Waals surface area contributed by atoms with Gasteiger partial charge in [0.1, 0.15) is 16.8 Å². The molecule has 1 aromatic heterocycles. The van der Waals surface area contributed by atoms with Gasteiger partial charge in [0.25, 0.3) is 5.91 Å². The van der Waals surface area contributed by atoms with Crippen LogP contribution >= 0.6 is 0 Å². The first kappa shape index (κ1) is 22.5. The molecule has 170 valence electrons. The van der Waals surface area contributed by atoms with Crippen molar-refractivity contribution < 1.29 is 9.53 Å². The predicted molar refractivity (Wildman–Crippen MR) is 132 cm³/mol. The van der Waals surface area contributed by atoms with Crippen molar-refractivity contribution in [3.8, 4) is 11.4 Å². The number of amides is 1. The summed E-state index contributed by atoms with van der Waals surface area (Å²) in [7, 11) is 0. The van der Waals surface area contributed by atoms with E-state index in [0.717, 1.165) is 39.8 Å². The molecule has 1 N–H and O–H groups in total. The second-order valence-corrected chi connectivity index (χ2v) is 8.58. The van der Waals surface area contributed by atoms with Crippen molar-refractivity contribution in [2.75, 3.05) is 11.9 Å². The maximum absolute atomic E-state index is 12.5. The third-order valence-corrected chi connectivity index (χ3v) is 5.55. The minimum Gasteiger partial charge on any atom is -0.484 e. The zero-order valence-corrected chi connectivity index (χ0v) is 19.7. The molecule has 33 heavy (non-hydrogen) atoms. The van der Waals surface area contributed by atoms with Crippen molar-refractivity contribution in [3.63, 3.8) is 0 Å². The molecule has 0 saturated carbocycles. The molecule has 4 aromatic rings. The molecular weight excluding hydrogens is 412 g/mol. The van der Waals surface area contributed by atoms with Gasteiger partial charge in [0.15, 0.2) is 6.61 Å². The Balaban J connectivity index is 1.46. The number of aryl methyl sites for hydroxylation is 4. The van der Waals surface area contributed by atoms with Gasteiger partial charge in [-0.15, -0.1) is 10.2 Å². The van der Waals surface area contributed by atoms with Gasteiger partial charge in [0.2, 0.25) is 0 Å². The normalized spacial score (nSPS) is 11.0. The van der Waals surface area contributed by atoms with Crippen molar-refractivity contribution in [2.24, 2.45) is 0 Å². The van der Waals surface area contributed by atoms with E-state index >= 15 is 0 Å². The van der Waals surface area contributed by atoms with E-state index in [0.29, 0.717) is 11.4 Å². The highest BCUT2D eigenvalue weighted by molar-refractivity contribution is 5.95. The number of carbonyl (C=O) groups is 1. The highest BCUT2D eigenvalue weighted by Crippen LogP contribution is 2.23. The third kappa shape index (κ3) is 5.58. The number of anilines is 1. The van der Waals surface area contributed by atoms with Gasteiger partial charge < -0.3 is 10.1 Å². The van der Waals surface area contributed by atoms with Crippen LogP contribution in [-0.4, -0.2) is 27.5 Å². The van der Waals surface area contributed by atoms with Gasteiger partial charge in [0, 0.05) is 5.69 Å². The van der Waals surface area contributed by atoms with Gasteiger partial charge in [0.05, 0.1) is 5.69 Å². The van der Waals surface area contributed by atoms with Crippen molar-refractivity contribution >= 4 is 22.6 Å². The summed E-state index contributed by atoms with van der Waals surface area (Å²) in [5.74, 6) is 0.477. The van der Waals surface area contributed by atoms with E-state index in [-0.39, 0.29) is 12.5 Å². The van der Waals surface area contributed by atoms with Crippen LogP contribution in [0.15, 0.2) is 54.6 Å². The molecule has 0 atom stereocenters. The molecule has 6 nitrogen and oxygen atoms in total. The Hall–Kier alpha value is -3.67. The average molecular weight is 443 g/mol. The molecule has 0 bridgehead atoms. The zero-order valence-electron chi connectivity index (χ0n) is 19.7. The lowest BCUT2D eigenvalue weighted by Crippen LogP contribution is -2.20. The van der Waals surface area contributed by atoms with E-state index in [1.807, 2.05) is 57.2 Å². The molecule has 4 rings (SSSR count). The number of nitrogens with zero attached hydrogens (tertiary/aromatic N) is 3. The van der Waals surface area contributed by atoms with Crippen LogP contribution in [0.5, 0.6) is 5.75 Å². The summed E-state index contributed by atoms with van der Waals surface area (Å²) in [6, 6.07) is 18.1. The first-order chi connectivity index (χ1) is 15.9. The molecule has 0 spiro atoms. The van der Waals surface area contributed by atoms with Crippen molar-refractivity contribution in [3.05, 3.63) is 76.9 Å². The number of rotatable bonds is 8. The maximum Gasteiger partial charge on any atom is 0.262 e. The van der Waals surface area contributed by atoms with E-state index in [1.165, 1.54) is 18.4 Å². The van der Waals surface area contributed by atoms with Gasteiger partial charge in [-0.1, -0.05) is 31.5 Å². The molecule has 0 saturated heterocycles. The molecule has 0 unspecified atom stereocenters. The number of carbonyl (C=O) groups excluding carboxylic acids is 1. The summed E-state index contributed by atoms with van der Waals surface area (Å²) in [6.45, 7) is 8.10. The summed E-state index contributed by atoms with van der Waals surface area (Å²) >= 11 is 0. The minimum absolute atomic E-state index is 0.0581. The number of unbranched alkanes of at least 4 members (excludes halogenated alkanes) is 1. The smallest absolute Gasteiger partial charge is 0.262 e. The maximum atomic E-state index is 12.5. The lowest BCUT2D eigenvalue weighted by atomic mass is 10.1. The van der Waals surface area contributed by atoms with Crippen LogP contribution in [0.1, 0.15) is 42.0 Å². The molecule has 1 amide bonds. The van der Waals surface area contributed by atoms with Crippen LogP contribution in [0.25, 0.3) is 16.7 Å². The molecule has 0 aliphatic carbocycles. The summed E-state index contributed by atoms with van der Waals surface area (Å²) in [5.41, 5.74) is 7.57. The fraction of sp³-hybridized carbons (Fsp3) is 0.296. The topological polar surface area (TPSA) is 69.0 Å². The first-order valence-corrected chi connectivity index (χ1v) is 11.4. The minimum atomic E-state index is -0.216. The Labute approximate surface area is 194 Å². The van der Waals surface area contributed by atoms with Gasteiger partial charge in [-0.05, 0) is 92.3 Å². The molecule has 3 aromatic carbocycles. The lowest BCUT2D eigenvalue weighted by Gasteiger charge is -2.10. The molecule has 6 heteroatoms. The lowest BCUT2D eigenvalue weighted by molar-refractivity contribution is -0.118. The standard InChI is InChI=1S/C27H30N4O2/c1-5-6-7-21-8-10-22(11-9-21)31-29-25-15-20(4)24(16-26(25)30-31)28-27(32)17-33-23-13-18(2)12-19(3)14-23/h8-16H,5-7,17H2,1-4H3,(H,28,32). The first-order valence-electron chi connectivity index (χ1n) is 11.4. The Bertz CT molecular complexity index is 1260. The number of hydrogen-bond donors (Lipinski definition) is 1. The Morgan fingerprint density at radius 2 is 1.61 bits per heavy atom. The molecule has 0 fully saturated rings. The Morgan fingerprint density at radius 3 is 2.27 bits per heavy atom. The van der Waals surface area contributed by atoms with Gasteiger partial charge in [-0.3, -0.25) is 4.79 Å². The van der Waals surface area contributed by atoms with Crippen LogP contribution in [0.4, 0.5) is 5.69 Å². The summed E-state index contributed by atoms with van der Waals surface area (Å²) in [4.78, 5) is 14.1. The second-order valence-electron chi connectivity index (χ2n) is 8.58. The van der Waals surface area contributed by atoms with Crippen LogP contribution < -0.4 is 10.1 Å². The van der Waals surface area contributed by atoms with Crippen LogP contribution in [0.2, 0.25) is 0 Å². The fourth-order valence-corrected chi connectivity index (χ4v) is 3.85. The zero-order chi connectivity index (χ0) is 23.4. The monoisotopic (exact) mass is 442 g/mol. The van der Waals surface area contributed by atoms with Crippen molar-refractivity contribution in [1.82, 2.24) is 15.0 Å². The number of aromatic nitrogens is 3. The Kier molecular flexibility index (Phi) is 6.73. The quantitative estimate of drug-likeness (QED) is 0.380. The average Bonchev–Trinajstić information content (AvgIpc) is 3.19. The molecule has 1 heterocycles. The third-order valence-electron chi connectivity index (χ3n) is 5.55. The van der Waals surface area contributed by atoms with E-state index in [4.69, 9.17) is 4.74 Å². The van der Waals surface area contributed by atoms with E-state index in [1.54, 1.807) is 4.80 Å². The molecule has 0 aliphatic heterocycles. The number of ether oxygens (including phenoxy) is 1. The summed E-state index contributed by atoms with van der Waals surface area (Å²) < 4.78 is 5.68. The number of fused-ring (bicyclic) bond motifs is 1. The van der Waals surface area contributed by atoms with E-state index < -0.39 is 0 Å². The van der Waals surface area contributed by atoms with Crippen LogP contribution in [-0.2, 0) is 11.2 Å². The second kappa shape index (κ2) is 9.86. The van der Waals surface area contributed by atoms with Gasteiger partial charge >= 0.3 is 0 Å². The fourth-order valence-electron chi connectivity index (χ4n) is 3.85. The van der Waals surface area contributed by atoms with E-state index in [2.05, 4.69) is 40.6 Å². The number of benzene rings is 3. The highest BCUT2D eigenvalue weighted by atomic mass is 16.5. The highest BCUT2D eigenvalue weighted by Gasteiger charge is 2.11.